The summed E-state index contributed by atoms with van der Waals surface area (Å²) in [6.45, 7) is 1.92. The van der Waals surface area contributed by atoms with Gasteiger partial charge in [0.2, 0.25) is 0 Å². The van der Waals surface area contributed by atoms with Crippen LogP contribution in [-0.4, -0.2) is 20.9 Å². The molecule has 0 saturated carbocycles. The lowest BCUT2D eigenvalue weighted by atomic mass is 10.1. The Morgan fingerprint density at radius 2 is 1.76 bits per heavy atom. The number of pyridine rings is 1. The number of aromatic nitrogens is 3. The van der Waals surface area contributed by atoms with Crippen molar-refractivity contribution in [3.05, 3.63) is 89.6 Å². The van der Waals surface area contributed by atoms with Crippen molar-refractivity contribution in [3.8, 4) is 0 Å². The van der Waals surface area contributed by atoms with Crippen LogP contribution >= 0.6 is 11.8 Å². The third-order valence-corrected chi connectivity index (χ3v) is 6.45. The summed E-state index contributed by atoms with van der Waals surface area (Å²) >= 11 is 1.43. The molecule has 5 nitrogen and oxygen atoms in total. The van der Waals surface area contributed by atoms with Crippen LogP contribution in [-0.2, 0) is 6.18 Å². The zero-order valence-corrected chi connectivity index (χ0v) is 18.6. The van der Waals surface area contributed by atoms with E-state index in [2.05, 4.69) is 20.3 Å². The minimum absolute atomic E-state index is 0.325. The summed E-state index contributed by atoms with van der Waals surface area (Å²) < 4.78 is 40.1. The lowest BCUT2D eigenvalue weighted by molar-refractivity contribution is -0.137. The molecule has 0 radical (unpaired) electrons. The number of aromatic amines is 1. The fourth-order valence-electron chi connectivity index (χ4n) is 3.73. The maximum Gasteiger partial charge on any atom is 0.417 e. The number of imidazole rings is 1. The predicted octanol–water partition coefficient (Wildman–Crippen LogP) is 6.84. The number of aryl methyl sites for hydroxylation is 1. The van der Waals surface area contributed by atoms with Crippen LogP contribution in [0.4, 0.5) is 18.9 Å². The number of nitrogens with zero attached hydrogens (tertiary/aromatic N) is 2. The number of fused-ring (bicyclic) bond motifs is 2. The molecule has 0 atom stereocenters. The Hall–Kier alpha value is -3.85. The topological polar surface area (TPSA) is 70.7 Å². The molecule has 0 aliphatic heterocycles. The molecule has 0 bridgehead atoms. The molecule has 3 aromatic carbocycles. The van der Waals surface area contributed by atoms with Crippen LogP contribution in [0.25, 0.3) is 21.9 Å². The number of carbonyl (C=O) groups excluding carboxylic acids is 1. The zero-order valence-electron chi connectivity index (χ0n) is 17.8. The fourth-order valence-corrected chi connectivity index (χ4v) is 4.71. The second-order valence-corrected chi connectivity index (χ2v) is 8.63. The quantitative estimate of drug-likeness (QED) is 0.297. The highest BCUT2D eigenvalue weighted by molar-refractivity contribution is 7.99. The number of rotatable bonds is 4. The lowest BCUT2D eigenvalue weighted by Gasteiger charge is -2.14. The van der Waals surface area contributed by atoms with Crippen LogP contribution < -0.4 is 5.32 Å². The number of hydrogen-bond acceptors (Lipinski definition) is 4. The summed E-state index contributed by atoms with van der Waals surface area (Å²) in [6.07, 6.45) is -2.97. The molecule has 1 amide bonds. The van der Waals surface area contributed by atoms with Gasteiger partial charge in [-0.25, -0.2) is 4.98 Å². The zero-order chi connectivity index (χ0) is 23.9. The van der Waals surface area contributed by atoms with Gasteiger partial charge >= 0.3 is 6.18 Å². The summed E-state index contributed by atoms with van der Waals surface area (Å²) in [6, 6.07) is 17.6. The van der Waals surface area contributed by atoms with Gasteiger partial charge < -0.3 is 10.3 Å². The van der Waals surface area contributed by atoms with E-state index in [1.165, 1.54) is 23.9 Å². The van der Waals surface area contributed by atoms with E-state index in [0.29, 0.717) is 16.4 Å². The Morgan fingerprint density at radius 3 is 2.56 bits per heavy atom. The van der Waals surface area contributed by atoms with Gasteiger partial charge in [0.25, 0.3) is 5.91 Å². The van der Waals surface area contributed by atoms with Crippen LogP contribution in [0.5, 0.6) is 0 Å². The molecule has 0 aliphatic carbocycles. The second-order valence-electron chi connectivity index (χ2n) is 7.63. The summed E-state index contributed by atoms with van der Waals surface area (Å²) in [5.74, 6) is -0.853. The normalized spacial score (nSPS) is 11.8. The number of amides is 1. The van der Waals surface area contributed by atoms with Gasteiger partial charge in [-0.05, 0) is 42.8 Å². The van der Waals surface area contributed by atoms with Crippen LogP contribution in [0.2, 0.25) is 0 Å². The van der Waals surface area contributed by atoms with E-state index >= 15 is 0 Å². The number of benzene rings is 3. The van der Waals surface area contributed by atoms with Gasteiger partial charge in [-0.15, -0.1) is 0 Å². The average Bonchev–Trinajstić information content (AvgIpc) is 3.23. The number of nitrogens with one attached hydrogen (secondary N) is 2. The van der Waals surface area contributed by atoms with Gasteiger partial charge in [0, 0.05) is 16.5 Å². The van der Waals surface area contributed by atoms with Gasteiger partial charge in [0.15, 0.2) is 5.16 Å². The molecular weight excluding hydrogens is 461 g/mol. The summed E-state index contributed by atoms with van der Waals surface area (Å²) in [7, 11) is 0. The predicted molar refractivity (Wildman–Crippen MR) is 126 cm³/mol. The molecular formula is C25H17F3N4OS. The minimum Gasteiger partial charge on any atom is -0.333 e. The molecule has 5 rings (SSSR count). The molecule has 2 N–H and O–H groups in total. The Labute approximate surface area is 196 Å². The van der Waals surface area contributed by atoms with Crippen molar-refractivity contribution in [2.45, 2.75) is 23.2 Å². The number of halogens is 3. The van der Waals surface area contributed by atoms with Gasteiger partial charge in [-0.3, -0.25) is 9.78 Å². The average molecular weight is 478 g/mol. The van der Waals surface area contributed by atoms with Crippen LogP contribution in [0.15, 0.2) is 83.0 Å². The molecule has 0 fully saturated rings. The molecule has 2 heterocycles. The maximum absolute atomic E-state index is 13.4. The first-order valence-electron chi connectivity index (χ1n) is 10.3. The summed E-state index contributed by atoms with van der Waals surface area (Å²) in [4.78, 5) is 26.0. The smallest absolute Gasteiger partial charge is 0.333 e. The number of H-pyrrole nitrogens is 1. The largest absolute Gasteiger partial charge is 0.417 e. The van der Waals surface area contributed by atoms with Gasteiger partial charge in [-0.2, -0.15) is 13.2 Å². The van der Waals surface area contributed by atoms with Crippen LogP contribution in [0.3, 0.4) is 0 Å². The Morgan fingerprint density at radius 1 is 1.00 bits per heavy atom. The molecule has 0 spiro atoms. The lowest BCUT2D eigenvalue weighted by Crippen LogP contribution is -2.18. The fraction of sp³-hybridized carbons (Fsp3) is 0.0800. The molecule has 9 heteroatoms. The first-order chi connectivity index (χ1) is 16.3. The van der Waals surface area contributed by atoms with Crippen molar-refractivity contribution in [1.29, 1.82) is 0 Å². The monoisotopic (exact) mass is 478 g/mol. The first-order valence-corrected chi connectivity index (χ1v) is 11.1. The van der Waals surface area contributed by atoms with Crippen molar-refractivity contribution in [2.75, 3.05) is 5.32 Å². The van der Waals surface area contributed by atoms with Crippen molar-refractivity contribution in [1.82, 2.24) is 15.0 Å². The minimum atomic E-state index is -4.64. The van der Waals surface area contributed by atoms with E-state index in [-0.39, 0.29) is 0 Å². The first kappa shape index (κ1) is 22.0. The molecule has 0 saturated heterocycles. The Kier molecular flexibility index (Phi) is 5.49. The summed E-state index contributed by atoms with van der Waals surface area (Å²) in [5, 5.41) is 4.07. The SMILES string of the molecule is Cc1cnc2c(NC(=O)c3ccccc3C(F)(F)F)cccc2c1Sc1nc2ccccc2[nH]1. The number of para-hydroxylation sites is 3. The second kappa shape index (κ2) is 8.49. The van der Waals surface area contributed by atoms with Gasteiger partial charge in [-0.1, -0.05) is 48.2 Å². The Balaban J connectivity index is 1.53. The van der Waals surface area contributed by atoms with E-state index in [9.17, 15) is 18.0 Å². The maximum atomic E-state index is 13.4. The number of carbonyl (C=O) groups is 1. The van der Waals surface area contributed by atoms with E-state index in [1.54, 1.807) is 18.3 Å². The van der Waals surface area contributed by atoms with Crippen LogP contribution in [0.1, 0.15) is 21.5 Å². The van der Waals surface area contributed by atoms with Crippen molar-refractivity contribution >= 4 is 45.3 Å². The molecule has 170 valence electrons. The van der Waals surface area contributed by atoms with Crippen molar-refractivity contribution in [3.63, 3.8) is 0 Å². The summed E-state index contributed by atoms with van der Waals surface area (Å²) in [5.41, 5.74) is 2.03. The third kappa shape index (κ3) is 4.10. The molecule has 0 aliphatic rings. The van der Waals surface area contributed by atoms with E-state index in [0.717, 1.165) is 39.0 Å². The van der Waals surface area contributed by atoms with E-state index in [4.69, 9.17) is 0 Å². The van der Waals surface area contributed by atoms with Gasteiger partial charge in [0.05, 0.1) is 33.4 Å². The van der Waals surface area contributed by atoms with Gasteiger partial charge in [0.1, 0.15) is 0 Å². The number of anilines is 1. The highest BCUT2D eigenvalue weighted by Crippen LogP contribution is 2.37. The highest BCUT2D eigenvalue weighted by atomic mass is 32.2. The standard InChI is InChI=1S/C25H17F3N4OS/c1-14-13-29-21-16(22(14)34-24-31-18-10-4-5-11-19(18)32-24)8-6-12-20(21)30-23(33)15-7-2-3-9-17(15)25(26,27)28/h2-13H,1H3,(H,30,33)(H,31,32). The van der Waals surface area contributed by atoms with E-state index < -0.39 is 23.2 Å². The molecule has 34 heavy (non-hydrogen) atoms. The van der Waals surface area contributed by atoms with E-state index in [1.807, 2.05) is 37.3 Å². The highest BCUT2D eigenvalue weighted by Gasteiger charge is 2.35. The molecule has 0 unspecified atom stereocenters. The Bertz CT molecular complexity index is 1510. The third-order valence-electron chi connectivity index (χ3n) is 5.32. The van der Waals surface area contributed by atoms with Crippen molar-refractivity contribution < 1.29 is 18.0 Å². The number of alkyl halides is 3. The molecule has 2 aromatic heterocycles. The number of hydrogen-bond donors (Lipinski definition) is 2. The van der Waals surface area contributed by atoms with Crippen LogP contribution in [0, 0.1) is 6.92 Å². The molecule has 5 aromatic rings. The van der Waals surface area contributed by atoms with Crippen molar-refractivity contribution in [2.24, 2.45) is 0 Å².